The fourth-order valence-corrected chi connectivity index (χ4v) is 4.98. The lowest BCUT2D eigenvalue weighted by Gasteiger charge is -2.32. The molecule has 3 aromatic heterocycles. The van der Waals surface area contributed by atoms with Crippen LogP contribution < -0.4 is 15.5 Å². The Balaban J connectivity index is 1.49. The number of fused-ring (bicyclic) bond motifs is 1. The lowest BCUT2D eigenvalue weighted by atomic mass is 9.79. The Hall–Kier alpha value is -3.46. The van der Waals surface area contributed by atoms with E-state index in [9.17, 15) is 8.78 Å². The standard InChI is InChI=1S/C26H27F2N7/c27-19-5-2-6-20(28)24(19)32-21-14-30-8-7-17(21)25-33-22-15-31-13-18(16-3-1-4-16)23(22)26(34-25)35-11-9-29-10-12-35/h5,7-8,13-16,29,32H,1-4,6,9-12H2. The molecule has 6 rings (SSSR count). The first-order valence-electron chi connectivity index (χ1n) is 12.3. The quantitative estimate of drug-likeness (QED) is 0.537. The Bertz CT molecular complexity index is 1330. The van der Waals surface area contributed by atoms with E-state index in [2.05, 4.69) is 25.5 Å². The number of rotatable bonds is 5. The van der Waals surface area contributed by atoms with Crippen molar-refractivity contribution in [1.29, 1.82) is 0 Å². The van der Waals surface area contributed by atoms with Crippen LogP contribution in [0.2, 0.25) is 0 Å². The summed E-state index contributed by atoms with van der Waals surface area (Å²) in [5, 5.41) is 7.39. The largest absolute Gasteiger partial charge is 0.353 e. The molecule has 2 N–H and O–H groups in total. The first-order valence-corrected chi connectivity index (χ1v) is 12.3. The SMILES string of the molecule is FC1=CCCC(F)=C1Nc1cnccc1-c1nc(N2CCNCC2)c2c(C3CCC3)cncc2n1. The fourth-order valence-electron chi connectivity index (χ4n) is 4.98. The Morgan fingerprint density at radius 1 is 1.03 bits per heavy atom. The molecule has 0 radical (unpaired) electrons. The van der Waals surface area contributed by atoms with Crippen LogP contribution in [0.15, 0.2) is 54.3 Å². The van der Waals surface area contributed by atoms with Crippen molar-refractivity contribution in [2.75, 3.05) is 36.4 Å². The summed E-state index contributed by atoms with van der Waals surface area (Å²) >= 11 is 0. The third-order valence-electron chi connectivity index (χ3n) is 7.10. The van der Waals surface area contributed by atoms with Gasteiger partial charge < -0.3 is 15.5 Å². The normalized spacial score (nSPS) is 19.0. The van der Waals surface area contributed by atoms with Crippen LogP contribution in [0.3, 0.4) is 0 Å². The Kier molecular flexibility index (Phi) is 5.85. The van der Waals surface area contributed by atoms with Gasteiger partial charge >= 0.3 is 0 Å². The van der Waals surface area contributed by atoms with E-state index in [1.807, 2.05) is 6.20 Å². The van der Waals surface area contributed by atoms with Gasteiger partial charge in [0.25, 0.3) is 0 Å². The van der Waals surface area contributed by atoms with Crippen molar-refractivity contribution in [3.8, 4) is 11.4 Å². The number of anilines is 2. The van der Waals surface area contributed by atoms with Gasteiger partial charge in [-0.05, 0) is 42.9 Å². The Morgan fingerprint density at radius 2 is 1.89 bits per heavy atom. The molecule has 7 nitrogen and oxygen atoms in total. The zero-order valence-corrected chi connectivity index (χ0v) is 19.4. The second-order valence-electron chi connectivity index (χ2n) is 9.28. The van der Waals surface area contributed by atoms with Gasteiger partial charge in [-0.15, -0.1) is 0 Å². The molecule has 180 valence electrons. The summed E-state index contributed by atoms with van der Waals surface area (Å²) in [6.07, 6.45) is 12.4. The number of nitrogens with one attached hydrogen (secondary N) is 2. The van der Waals surface area contributed by atoms with Crippen molar-refractivity contribution in [1.82, 2.24) is 25.3 Å². The highest BCUT2D eigenvalue weighted by atomic mass is 19.1. The summed E-state index contributed by atoms with van der Waals surface area (Å²) in [4.78, 5) is 20.9. The third-order valence-corrected chi connectivity index (χ3v) is 7.10. The van der Waals surface area contributed by atoms with Crippen LogP contribution in [0, 0.1) is 0 Å². The number of halogens is 2. The summed E-state index contributed by atoms with van der Waals surface area (Å²) in [6.45, 7) is 3.44. The van der Waals surface area contributed by atoms with E-state index in [0.717, 1.165) is 55.7 Å². The zero-order chi connectivity index (χ0) is 23.8. The first-order chi connectivity index (χ1) is 17.2. The van der Waals surface area contributed by atoms with E-state index in [1.165, 1.54) is 18.1 Å². The fraction of sp³-hybridized carbons (Fsp3) is 0.385. The van der Waals surface area contributed by atoms with Gasteiger partial charge in [-0.2, -0.15) is 0 Å². The smallest absolute Gasteiger partial charge is 0.164 e. The number of aromatic nitrogens is 4. The summed E-state index contributed by atoms with van der Waals surface area (Å²) in [5.41, 5.74) is 2.93. The minimum Gasteiger partial charge on any atom is -0.353 e. The van der Waals surface area contributed by atoms with Gasteiger partial charge in [0.2, 0.25) is 0 Å². The molecule has 1 aliphatic heterocycles. The molecular weight excluding hydrogens is 448 g/mol. The molecule has 3 aliphatic rings. The van der Waals surface area contributed by atoms with Crippen molar-refractivity contribution in [2.45, 2.75) is 38.0 Å². The predicted octanol–water partition coefficient (Wildman–Crippen LogP) is 5.00. The van der Waals surface area contributed by atoms with E-state index >= 15 is 0 Å². The van der Waals surface area contributed by atoms with Crippen LogP contribution in [0.1, 0.15) is 43.6 Å². The Labute approximate surface area is 202 Å². The Morgan fingerprint density at radius 3 is 2.66 bits per heavy atom. The molecule has 0 atom stereocenters. The second-order valence-corrected chi connectivity index (χ2v) is 9.28. The van der Waals surface area contributed by atoms with Crippen LogP contribution in [-0.4, -0.2) is 46.1 Å². The summed E-state index contributed by atoms with van der Waals surface area (Å²) in [5.74, 6) is 0.753. The maximum absolute atomic E-state index is 14.5. The van der Waals surface area contributed by atoms with Crippen LogP contribution in [-0.2, 0) is 0 Å². The minimum absolute atomic E-state index is 0.150. The molecule has 9 heteroatoms. The molecule has 1 saturated carbocycles. The maximum Gasteiger partial charge on any atom is 0.164 e. The lowest BCUT2D eigenvalue weighted by Crippen LogP contribution is -2.44. The molecule has 3 aromatic rings. The molecule has 2 fully saturated rings. The predicted molar refractivity (Wildman–Crippen MR) is 132 cm³/mol. The van der Waals surface area contributed by atoms with Gasteiger partial charge in [-0.3, -0.25) is 9.97 Å². The third kappa shape index (κ3) is 4.14. The maximum atomic E-state index is 14.5. The number of pyridine rings is 2. The molecule has 0 spiro atoms. The van der Waals surface area contributed by atoms with Crippen molar-refractivity contribution in [2.24, 2.45) is 0 Å². The molecule has 1 saturated heterocycles. The average molecular weight is 476 g/mol. The number of piperazine rings is 1. The molecule has 0 amide bonds. The molecule has 35 heavy (non-hydrogen) atoms. The molecular formula is C26H27F2N7. The summed E-state index contributed by atoms with van der Waals surface area (Å²) < 4.78 is 28.9. The molecule has 0 unspecified atom stereocenters. The first kappa shape index (κ1) is 22.0. The topological polar surface area (TPSA) is 78.9 Å². The minimum atomic E-state index is -0.598. The van der Waals surface area contributed by atoms with E-state index in [4.69, 9.17) is 9.97 Å². The second kappa shape index (κ2) is 9.30. The monoisotopic (exact) mass is 475 g/mol. The molecule has 4 heterocycles. The molecule has 2 aliphatic carbocycles. The van der Waals surface area contributed by atoms with E-state index in [1.54, 1.807) is 24.7 Å². The summed E-state index contributed by atoms with van der Waals surface area (Å²) in [6, 6.07) is 1.77. The number of hydrogen-bond acceptors (Lipinski definition) is 7. The number of allylic oxidation sites excluding steroid dienone is 3. The van der Waals surface area contributed by atoms with Crippen LogP contribution >= 0.6 is 0 Å². The average Bonchev–Trinajstić information content (AvgIpc) is 2.85. The number of nitrogens with zero attached hydrogens (tertiary/aromatic N) is 5. The zero-order valence-electron chi connectivity index (χ0n) is 19.4. The van der Waals surface area contributed by atoms with Gasteiger partial charge in [0, 0.05) is 55.9 Å². The van der Waals surface area contributed by atoms with Gasteiger partial charge in [0.1, 0.15) is 23.2 Å². The highest BCUT2D eigenvalue weighted by molar-refractivity contribution is 5.94. The van der Waals surface area contributed by atoms with Crippen molar-refractivity contribution in [3.05, 3.63) is 59.8 Å². The van der Waals surface area contributed by atoms with Crippen molar-refractivity contribution >= 4 is 22.4 Å². The van der Waals surface area contributed by atoms with E-state index in [-0.39, 0.29) is 12.1 Å². The van der Waals surface area contributed by atoms with Crippen LogP contribution in [0.5, 0.6) is 0 Å². The summed E-state index contributed by atoms with van der Waals surface area (Å²) in [7, 11) is 0. The van der Waals surface area contributed by atoms with E-state index in [0.29, 0.717) is 29.4 Å². The van der Waals surface area contributed by atoms with Gasteiger partial charge in [0.15, 0.2) is 5.82 Å². The highest BCUT2D eigenvalue weighted by Crippen LogP contribution is 2.42. The van der Waals surface area contributed by atoms with Gasteiger partial charge in [-0.25, -0.2) is 18.7 Å². The molecule has 0 bridgehead atoms. The van der Waals surface area contributed by atoms with E-state index < -0.39 is 11.7 Å². The van der Waals surface area contributed by atoms with Crippen molar-refractivity contribution < 1.29 is 8.78 Å². The van der Waals surface area contributed by atoms with Crippen LogP contribution in [0.4, 0.5) is 20.3 Å². The number of hydrogen-bond donors (Lipinski definition) is 2. The van der Waals surface area contributed by atoms with Crippen molar-refractivity contribution in [3.63, 3.8) is 0 Å². The van der Waals surface area contributed by atoms with Crippen LogP contribution in [0.25, 0.3) is 22.3 Å². The lowest BCUT2D eigenvalue weighted by molar-refractivity contribution is 0.421. The molecule has 0 aromatic carbocycles. The van der Waals surface area contributed by atoms with Gasteiger partial charge in [0.05, 0.1) is 23.6 Å². The van der Waals surface area contributed by atoms with Gasteiger partial charge in [-0.1, -0.05) is 6.42 Å². The highest BCUT2D eigenvalue weighted by Gasteiger charge is 2.27.